The highest BCUT2D eigenvalue weighted by Gasteiger charge is 2.08. The number of carbonyl (C=O) groups is 1. The van der Waals surface area contributed by atoms with Gasteiger partial charge in [0, 0.05) is 2.85 Å². The largest absolute Gasteiger partial charge is 0.303 e. The van der Waals surface area contributed by atoms with Crippen LogP contribution < -0.4 is 5.56 Å². The van der Waals surface area contributed by atoms with Crippen LogP contribution in [0.3, 0.4) is 0 Å². The summed E-state index contributed by atoms with van der Waals surface area (Å²) in [5.74, 6) is -0.356. The summed E-state index contributed by atoms with van der Waals surface area (Å²) in [5.41, 5.74) is 1.29. The van der Waals surface area contributed by atoms with Crippen LogP contribution in [0.15, 0.2) is 35.6 Å². The Hall–Kier alpha value is -2.23. The smallest absolute Gasteiger partial charge is 0.259 e. The third-order valence-corrected chi connectivity index (χ3v) is 2.60. The van der Waals surface area contributed by atoms with Crippen LogP contribution in [0, 0.1) is 0 Å². The molecular formula is C13H16N2O2. The Kier molecular flexibility index (Phi) is 2.87. The molecule has 17 heavy (non-hydrogen) atoms. The van der Waals surface area contributed by atoms with E-state index in [1.165, 1.54) is 0 Å². The average Bonchev–Trinajstić information content (AvgIpc) is 2.37. The second-order valence-corrected chi connectivity index (χ2v) is 3.69. The van der Waals surface area contributed by atoms with Crippen LogP contribution >= 0.6 is 0 Å². The number of hydrogen-bond donors (Lipinski definition) is 1. The molecule has 0 saturated carbocycles. The molecule has 1 N–H and O–H groups in total. The van der Waals surface area contributed by atoms with Crippen LogP contribution in [-0.4, -0.2) is 15.8 Å². The van der Waals surface area contributed by atoms with Gasteiger partial charge in [0.25, 0.3) is 5.56 Å². The number of rotatable bonds is 3. The predicted molar refractivity (Wildman–Crippen MR) is 70.5 cm³/mol. The fourth-order valence-electron chi connectivity index (χ4n) is 1.62. The van der Waals surface area contributed by atoms with Gasteiger partial charge in [0.15, 0.2) is 5.82 Å². The van der Waals surface area contributed by atoms with Gasteiger partial charge in [-0.05, 0) is 30.2 Å². The molecule has 0 atom stereocenters. The standard InChI is InChI=1S/C13H12N2O2.2H2/c1-3-8-5-6-10-9(7-8)13(17)15-12(14-10)11(16)4-2;;/h4-7H,2-3H2,1H3,(H,14,15,17);2*1H. The number of aromatic nitrogens is 2. The quantitative estimate of drug-likeness (QED) is 0.652. The van der Waals surface area contributed by atoms with Gasteiger partial charge in [0.05, 0.1) is 10.9 Å². The van der Waals surface area contributed by atoms with Crippen molar-refractivity contribution in [1.29, 1.82) is 0 Å². The number of nitrogens with zero attached hydrogens (tertiary/aromatic N) is 1. The zero-order valence-electron chi connectivity index (χ0n) is 9.49. The lowest BCUT2D eigenvalue weighted by Gasteiger charge is -2.01. The summed E-state index contributed by atoms with van der Waals surface area (Å²) in [7, 11) is 0. The molecule has 4 heteroatoms. The number of carbonyl (C=O) groups excluding carboxylic acids is 1. The molecule has 0 aliphatic heterocycles. The maximum absolute atomic E-state index is 11.8. The van der Waals surface area contributed by atoms with Crippen LogP contribution in [0.5, 0.6) is 0 Å². The van der Waals surface area contributed by atoms with Crippen LogP contribution in [-0.2, 0) is 6.42 Å². The fraction of sp³-hybridized carbons (Fsp3) is 0.154. The lowest BCUT2D eigenvalue weighted by atomic mass is 10.1. The number of allylic oxidation sites excluding steroid dienone is 1. The van der Waals surface area contributed by atoms with Crippen molar-refractivity contribution in [2.45, 2.75) is 13.3 Å². The van der Waals surface area contributed by atoms with Crippen molar-refractivity contribution >= 4 is 16.7 Å². The molecule has 0 fully saturated rings. The zero-order valence-corrected chi connectivity index (χ0v) is 9.49. The van der Waals surface area contributed by atoms with E-state index in [4.69, 9.17) is 0 Å². The molecule has 1 aromatic carbocycles. The Labute approximate surface area is 101 Å². The third-order valence-electron chi connectivity index (χ3n) is 2.60. The number of aromatic amines is 1. The molecular weight excluding hydrogens is 216 g/mol. The maximum Gasteiger partial charge on any atom is 0.259 e. The second-order valence-electron chi connectivity index (χ2n) is 3.69. The van der Waals surface area contributed by atoms with Crippen molar-refractivity contribution < 1.29 is 7.65 Å². The molecule has 0 aliphatic carbocycles. The first-order valence-corrected chi connectivity index (χ1v) is 5.35. The van der Waals surface area contributed by atoms with Crippen LogP contribution in [0.2, 0.25) is 0 Å². The molecule has 1 heterocycles. The van der Waals surface area contributed by atoms with Crippen molar-refractivity contribution in [3.63, 3.8) is 0 Å². The molecule has 0 unspecified atom stereocenters. The lowest BCUT2D eigenvalue weighted by molar-refractivity contribution is 0.103. The summed E-state index contributed by atoms with van der Waals surface area (Å²) in [5, 5.41) is 0.505. The van der Waals surface area contributed by atoms with Gasteiger partial charge in [-0.1, -0.05) is 19.6 Å². The van der Waals surface area contributed by atoms with Crippen molar-refractivity contribution in [3.8, 4) is 0 Å². The number of H-pyrrole nitrogens is 1. The van der Waals surface area contributed by atoms with Crippen molar-refractivity contribution in [2.75, 3.05) is 0 Å². The number of aryl methyl sites for hydroxylation is 1. The highest BCUT2D eigenvalue weighted by Crippen LogP contribution is 2.11. The maximum atomic E-state index is 11.8. The van der Waals surface area contributed by atoms with Gasteiger partial charge >= 0.3 is 0 Å². The summed E-state index contributed by atoms with van der Waals surface area (Å²) in [6.07, 6.45) is 1.98. The Morgan fingerprint density at radius 2 is 2.35 bits per heavy atom. The van der Waals surface area contributed by atoms with E-state index in [2.05, 4.69) is 16.5 Å². The van der Waals surface area contributed by atoms with Crippen LogP contribution in [0.1, 0.15) is 26.0 Å². The van der Waals surface area contributed by atoms with Gasteiger partial charge in [0.2, 0.25) is 5.78 Å². The number of nitrogens with one attached hydrogen (secondary N) is 1. The summed E-state index contributed by atoms with van der Waals surface area (Å²) >= 11 is 0. The topological polar surface area (TPSA) is 62.8 Å². The summed E-state index contributed by atoms with van der Waals surface area (Å²) in [6.45, 7) is 5.37. The monoisotopic (exact) mass is 232 g/mol. The van der Waals surface area contributed by atoms with Gasteiger partial charge in [-0.25, -0.2) is 4.98 Å². The van der Waals surface area contributed by atoms with E-state index in [-0.39, 0.29) is 20.0 Å². The highest BCUT2D eigenvalue weighted by atomic mass is 16.1. The highest BCUT2D eigenvalue weighted by molar-refractivity contribution is 6.02. The fourth-order valence-corrected chi connectivity index (χ4v) is 1.62. The van der Waals surface area contributed by atoms with E-state index in [0.29, 0.717) is 10.9 Å². The Morgan fingerprint density at radius 3 is 3.00 bits per heavy atom. The van der Waals surface area contributed by atoms with Gasteiger partial charge in [-0.15, -0.1) is 0 Å². The number of fused-ring (bicyclic) bond motifs is 1. The van der Waals surface area contributed by atoms with E-state index in [1.54, 1.807) is 12.1 Å². The Bertz CT molecular complexity index is 665. The first-order chi connectivity index (χ1) is 8.15. The minimum atomic E-state index is -0.386. The number of ketones is 1. The first-order valence-electron chi connectivity index (χ1n) is 5.35. The predicted octanol–water partition coefficient (Wildman–Crippen LogP) is 2.35. The Balaban J connectivity index is 0.00000162. The molecule has 2 rings (SSSR count). The molecule has 0 saturated heterocycles. The SMILES string of the molecule is C=CC(=O)c1nc2ccc(CC)cc2c(=O)[nH]1.[HH].[HH]. The molecule has 90 valence electrons. The molecule has 0 bridgehead atoms. The minimum absolute atomic E-state index is 0. The van der Waals surface area contributed by atoms with E-state index in [1.807, 2.05) is 13.0 Å². The Morgan fingerprint density at radius 1 is 1.59 bits per heavy atom. The normalized spacial score (nSPS) is 10.4. The molecule has 0 spiro atoms. The molecule has 0 aliphatic rings. The molecule has 4 nitrogen and oxygen atoms in total. The van der Waals surface area contributed by atoms with E-state index >= 15 is 0 Å². The second kappa shape index (κ2) is 4.33. The number of benzene rings is 1. The van der Waals surface area contributed by atoms with E-state index < -0.39 is 0 Å². The van der Waals surface area contributed by atoms with Crippen LogP contribution in [0.25, 0.3) is 10.9 Å². The summed E-state index contributed by atoms with van der Waals surface area (Å²) in [4.78, 5) is 29.8. The molecule has 0 amide bonds. The third kappa shape index (κ3) is 2.01. The minimum Gasteiger partial charge on any atom is -0.303 e. The zero-order chi connectivity index (χ0) is 12.4. The summed E-state index contributed by atoms with van der Waals surface area (Å²) in [6, 6.07) is 5.45. The van der Waals surface area contributed by atoms with Crippen LogP contribution in [0.4, 0.5) is 0 Å². The van der Waals surface area contributed by atoms with Gasteiger partial charge in [-0.3, -0.25) is 9.59 Å². The van der Waals surface area contributed by atoms with E-state index in [0.717, 1.165) is 18.1 Å². The van der Waals surface area contributed by atoms with Crippen molar-refractivity contribution in [2.24, 2.45) is 0 Å². The first kappa shape index (κ1) is 11.3. The van der Waals surface area contributed by atoms with Gasteiger partial charge < -0.3 is 4.98 Å². The number of hydrogen-bond acceptors (Lipinski definition) is 3. The van der Waals surface area contributed by atoms with E-state index in [9.17, 15) is 9.59 Å². The van der Waals surface area contributed by atoms with Gasteiger partial charge in [0.1, 0.15) is 0 Å². The summed E-state index contributed by atoms with van der Waals surface area (Å²) < 4.78 is 0. The van der Waals surface area contributed by atoms with Crippen molar-refractivity contribution in [1.82, 2.24) is 9.97 Å². The molecule has 1 aromatic heterocycles. The average molecular weight is 232 g/mol. The van der Waals surface area contributed by atoms with Gasteiger partial charge in [-0.2, -0.15) is 0 Å². The molecule has 0 radical (unpaired) electrons. The van der Waals surface area contributed by atoms with Crippen molar-refractivity contribution in [3.05, 3.63) is 52.6 Å². The lowest BCUT2D eigenvalue weighted by Crippen LogP contribution is -2.15. The molecule has 2 aromatic rings.